The standard InChI is InChI=1S/C15H22O4S/c1-4-18-13-7-5-6-8-14(13)19-9-10-20-11-12(2)15(16)17-3/h5-8,12H,4,9-11H2,1-3H3. The lowest BCUT2D eigenvalue weighted by atomic mass is 10.2. The summed E-state index contributed by atoms with van der Waals surface area (Å²) in [6.45, 7) is 5.01. The Morgan fingerprint density at radius 1 is 1.25 bits per heavy atom. The molecule has 0 radical (unpaired) electrons. The highest BCUT2D eigenvalue weighted by molar-refractivity contribution is 7.99. The number of benzene rings is 1. The molecule has 0 fully saturated rings. The second kappa shape index (κ2) is 9.53. The Morgan fingerprint density at radius 2 is 1.90 bits per heavy atom. The molecule has 1 rings (SSSR count). The molecule has 0 spiro atoms. The monoisotopic (exact) mass is 298 g/mol. The minimum absolute atomic E-state index is 0.0827. The van der Waals surface area contributed by atoms with Crippen molar-refractivity contribution >= 4 is 17.7 Å². The predicted molar refractivity (Wildman–Crippen MR) is 81.6 cm³/mol. The van der Waals surface area contributed by atoms with Crippen molar-refractivity contribution < 1.29 is 19.0 Å². The Morgan fingerprint density at radius 3 is 2.50 bits per heavy atom. The van der Waals surface area contributed by atoms with Gasteiger partial charge in [0, 0.05) is 11.5 Å². The Balaban J connectivity index is 2.26. The molecule has 0 aliphatic heterocycles. The molecule has 5 heteroatoms. The van der Waals surface area contributed by atoms with Crippen LogP contribution in [0.2, 0.25) is 0 Å². The van der Waals surface area contributed by atoms with Crippen molar-refractivity contribution in [2.75, 3.05) is 31.8 Å². The van der Waals surface area contributed by atoms with Gasteiger partial charge in [0.25, 0.3) is 0 Å². The van der Waals surface area contributed by atoms with Gasteiger partial charge in [0.05, 0.1) is 26.2 Å². The molecular formula is C15H22O4S. The molecule has 0 saturated heterocycles. The number of esters is 1. The molecular weight excluding hydrogens is 276 g/mol. The van der Waals surface area contributed by atoms with Gasteiger partial charge in [-0.3, -0.25) is 4.79 Å². The third-order valence-corrected chi connectivity index (χ3v) is 3.80. The van der Waals surface area contributed by atoms with Crippen LogP contribution in [0.4, 0.5) is 0 Å². The molecule has 0 aliphatic rings. The first-order valence-electron chi connectivity index (χ1n) is 6.69. The number of carbonyl (C=O) groups is 1. The molecule has 0 amide bonds. The number of ether oxygens (including phenoxy) is 3. The number of hydrogen-bond acceptors (Lipinski definition) is 5. The van der Waals surface area contributed by atoms with E-state index >= 15 is 0 Å². The molecule has 0 N–H and O–H groups in total. The summed E-state index contributed by atoms with van der Waals surface area (Å²) in [6, 6.07) is 7.63. The fraction of sp³-hybridized carbons (Fsp3) is 0.533. The normalized spacial score (nSPS) is 11.8. The molecule has 20 heavy (non-hydrogen) atoms. The van der Waals surface area contributed by atoms with Crippen LogP contribution >= 0.6 is 11.8 Å². The van der Waals surface area contributed by atoms with E-state index in [0.29, 0.717) is 13.2 Å². The lowest BCUT2D eigenvalue weighted by Crippen LogP contribution is -2.15. The number of hydrogen-bond donors (Lipinski definition) is 0. The Hall–Kier alpha value is -1.36. The van der Waals surface area contributed by atoms with E-state index in [-0.39, 0.29) is 11.9 Å². The van der Waals surface area contributed by atoms with E-state index in [0.717, 1.165) is 23.0 Å². The summed E-state index contributed by atoms with van der Waals surface area (Å²) in [4.78, 5) is 11.2. The van der Waals surface area contributed by atoms with Crippen molar-refractivity contribution in [3.8, 4) is 11.5 Å². The number of methoxy groups -OCH3 is 1. The van der Waals surface area contributed by atoms with Gasteiger partial charge < -0.3 is 14.2 Å². The van der Waals surface area contributed by atoms with Crippen molar-refractivity contribution in [1.29, 1.82) is 0 Å². The van der Waals surface area contributed by atoms with Crippen LogP contribution in [0.5, 0.6) is 11.5 Å². The minimum atomic E-state index is -0.167. The Bertz CT molecular complexity index is 409. The van der Waals surface area contributed by atoms with Crippen molar-refractivity contribution in [1.82, 2.24) is 0 Å². The Kier molecular flexibility index (Phi) is 7.95. The Labute approximate surface area is 124 Å². The number of para-hydroxylation sites is 2. The van der Waals surface area contributed by atoms with Crippen LogP contribution in [-0.2, 0) is 9.53 Å². The molecule has 1 atom stereocenters. The second-order valence-corrected chi connectivity index (χ2v) is 5.38. The van der Waals surface area contributed by atoms with Crippen LogP contribution < -0.4 is 9.47 Å². The van der Waals surface area contributed by atoms with E-state index in [1.54, 1.807) is 11.8 Å². The fourth-order valence-corrected chi connectivity index (χ4v) is 2.44. The van der Waals surface area contributed by atoms with E-state index in [9.17, 15) is 4.79 Å². The zero-order valence-electron chi connectivity index (χ0n) is 12.3. The van der Waals surface area contributed by atoms with Crippen molar-refractivity contribution in [3.63, 3.8) is 0 Å². The predicted octanol–water partition coefficient (Wildman–Crippen LogP) is 3.01. The van der Waals surface area contributed by atoms with Crippen LogP contribution in [0.1, 0.15) is 13.8 Å². The van der Waals surface area contributed by atoms with Crippen molar-refractivity contribution in [2.45, 2.75) is 13.8 Å². The molecule has 1 aromatic rings. The van der Waals surface area contributed by atoms with E-state index in [1.165, 1.54) is 7.11 Å². The average Bonchev–Trinajstić information content (AvgIpc) is 2.47. The van der Waals surface area contributed by atoms with Gasteiger partial charge >= 0.3 is 5.97 Å². The number of carbonyl (C=O) groups excluding carboxylic acids is 1. The van der Waals surface area contributed by atoms with E-state index in [1.807, 2.05) is 38.1 Å². The largest absolute Gasteiger partial charge is 0.490 e. The van der Waals surface area contributed by atoms with Gasteiger partial charge in [0.1, 0.15) is 0 Å². The van der Waals surface area contributed by atoms with Crippen molar-refractivity contribution in [2.24, 2.45) is 5.92 Å². The SMILES string of the molecule is CCOc1ccccc1OCCSCC(C)C(=O)OC. The molecule has 0 aromatic heterocycles. The van der Waals surface area contributed by atoms with Gasteiger partial charge in [-0.05, 0) is 19.1 Å². The molecule has 4 nitrogen and oxygen atoms in total. The summed E-state index contributed by atoms with van der Waals surface area (Å²) in [5.74, 6) is 2.84. The number of rotatable bonds is 9. The highest BCUT2D eigenvalue weighted by Gasteiger charge is 2.12. The van der Waals surface area contributed by atoms with Crippen LogP contribution in [0.15, 0.2) is 24.3 Å². The smallest absolute Gasteiger partial charge is 0.309 e. The topological polar surface area (TPSA) is 44.8 Å². The van der Waals surface area contributed by atoms with Crippen LogP contribution in [-0.4, -0.2) is 37.8 Å². The van der Waals surface area contributed by atoms with Crippen LogP contribution in [0.3, 0.4) is 0 Å². The molecule has 112 valence electrons. The molecule has 0 saturated carbocycles. The summed E-state index contributed by atoms with van der Waals surface area (Å²) in [6.07, 6.45) is 0. The summed E-state index contributed by atoms with van der Waals surface area (Å²) in [5.41, 5.74) is 0. The summed E-state index contributed by atoms with van der Waals surface area (Å²) < 4.78 is 15.9. The zero-order valence-corrected chi connectivity index (χ0v) is 13.1. The number of thioether (sulfide) groups is 1. The van der Waals surface area contributed by atoms with Gasteiger partial charge in [-0.15, -0.1) is 0 Å². The maximum absolute atomic E-state index is 11.2. The lowest BCUT2D eigenvalue weighted by Gasteiger charge is -2.12. The first-order chi connectivity index (χ1) is 9.69. The molecule has 1 aromatic carbocycles. The van der Waals surface area contributed by atoms with E-state index in [4.69, 9.17) is 9.47 Å². The molecule has 1 unspecified atom stereocenters. The molecule has 0 aliphatic carbocycles. The third-order valence-electron chi connectivity index (χ3n) is 2.61. The highest BCUT2D eigenvalue weighted by Crippen LogP contribution is 2.26. The van der Waals surface area contributed by atoms with Gasteiger partial charge in [-0.25, -0.2) is 0 Å². The van der Waals surface area contributed by atoms with Gasteiger partial charge in [-0.1, -0.05) is 19.1 Å². The van der Waals surface area contributed by atoms with Gasteiger partial charge in [-0.2, -0.15) is 11.8 Å². The maximum Gasteiger partial charge on any atom is 0.309 e. The third kappa shape index (κ3) is 5.74. The highest BCUT2D eigenvalue weighted by atomic mass is 32.2. The van der Waals surface area contributed by atoms with Gasteiger partial charge in [0.15, 0.2) is 11.5 Å². The lowest BCUT2D eigenvalue weighted by molar-refractivity contribution is -0.143. The first-order valence-corrected chi connectivity index (χ1v) is 7.84. The first kappa shape index (κ1) is 16.7. The van der Waals surface area contributed by atoms with Gasteiger partial charge in [0.2, 0.25) is 0 Å². The summed E-state index contributed by atoms with van der Waals surface area (Å²) >= 11 is 1.68. The zero-order chi connectivity index (χ0) is 14.8. The summed E-state index contributed by atoms with van der Waals surface area (Å²) in [5, 5.41) is 0. The van der Waals surface area contributed by atoms with Crippen LogP contribution in [0, 0.1) is 5.92 Å². The maximum atomic E-state index is 11.2. The van der Waals surface area contributed by atoms with E-state index < -0.39 is 0 Å². The minimum Gasteiger partial charge on any atom is -0.490 e. The van der Waals surface area contributed by atoms with Crippen LogP contribution in [0.25, 0.3) is 0 Å². The quantitative estimate of drug-likeness (QED) is 0.518. The summed E-state index contributed by atoms with van der Waals surface area (Å²) in [7, 11) is 1.41. The average molecular weight is 298 g/mol. The second-order valence-electron chi connectivity index (χ2n) is 4.23. The molecule has 0 heterocycles. The fourth-order valence-electron chi connectivity index (χ4n) is 1.58. The van der Waals surface area contributed by atoms with E-state index in [2.05, 4.69) is 4.74 Å². The van der Waals surface area contributed by atoms with Crippen molar-refractivity contribution in [3.05, 3.63) is 24.3 Å². The molecule has 0 bridgehead atoms.